The molecule has 1 heterocycles. The van der Waals surface area contributed by atoms with Gasteiger partial charge in [0.15, 0.2) is 0 Å². The third-order valence-corrected chi connectivity index (χ3v) is 3.10. The minimum absolute atomic E-state index is 0.511. The van der Waals surface area contributed by atoms with Gasteiger partial charge < -0.3 is 10.1 Å². The topological polar surface area (TPSA) is 47.0 Å². The molecule has 0 bridgehead atoms. The van der Waals surface area contributed by atoms with Crippen LogP contribution in [0.4, 0.5) is 0 Å². The zero-order chi connectivity index (χ0) is 12.8. The quantitative estimate of drug-likeness (QED) is 0.839. The second kappa shape index (κ2) is 6.37. The lowest BCUT2D eigenvalue weighted by atomic mass is 10.3. The summed E-state index contributed by atoms with van der Waals surface area (Å²) in [4.78, 5) is 9.58. The number of hydrogen-bond donors (Lipinski definition) is 1. The van der Waals surface area contributed by atoms with Gasteiger partial charge in [0.05, 0.1) is 18.1 Å². The van der Waals surface area contributed by atoms with Crippen molar-refractivity contribution < 1.29 is 4.74 Å². The van der Waals surface area contributed by atoms with Gasteiger partial charge in [-0.1, -0.05) is 12.1 Å². The van der Waals surface area contributed by atoms with Crippen molar-refractivity contribution in [3.8, 4) is 11.6 Å². The normalized spacial score (nSPS) is 10.3. The first-order chi connectivity index (χ1) is 8.83. The highest BCUT2D eigenvalue weighted by Crippen LogP contribution is 2.29. The molecule has 1 N–H and O–H groups in total. The lowest BCUT2D eigenvalue weighted by molar-refractivity contribution is 0.448. The summed E-state index contributed by atoms with van der Waals surface area (Å²) >= 11 is 1.64. The van der Waals surface area contributed by atoms with Crippen molar-refractivity contribution in [1.82, 2.24) is 15.3 Å². The van der Waals surface area contributed by atoms with Crippen LogP contribution < -0.4 is 10.1 Å². The van der Waals surface area contributed by atoms with Gasteiger partial charge in [-0.3, -0.25) is 4.98 Å². The highest BCUT2D eigenvalue weighted by atomic mass is 32.2. The van der Waals surface area contributed by atoms with Crippen LogP contribution in [0.15, 0.2) is 41.6 Å². The van der Waals surface area contributed by atoms with Gasteiger partial charge in [0, 0.05) is 11.4 Å². The van der Waals surface area contributed by atoms with E-state index < -0.39 is 0 Å². The number of rotatable bonds is 5. The predicted molar refractivity (Wildman–Crippen MR) is 73.1 cm³/mol. The van der Waals surface area contributed by atoms with Gasteiger partial charge in [0.2, 0.25) is 5.88 Å². The molecule has 0 fully saturated rings. The molecule has 0 spiro atoms. The Labute approximate surface area is 111 Å². The minimum Gasteiger partial charge on any atom is -0.436 e. The summed E-state index contributed by atoms with van der Waals surface area (Å²) in [7, 11) is 1.88. The number of para-hydroxylation sites is 1. The van der Waals surface area contributed by atoms with E-state index in [9.17, 15) is 0 Å². The second-order valence-corrected chi connectivity index (χ2v) is 4.48. The Morgan fingerprint density at radius 2 is 2.06 bits per heavy atom. The molecule has 0 saturated carbocycles. The van der Waals surface area contributed by atoms with E-state index in [0.29, 0.717) is 12.4 Å². The van der Waals surface area contributed by atoms with Crippen molar-refractivity contribution in [3.05, 3.63) is 42.4 Å². The Morgan fingerprint density at radius 3 is 2.72 bits per heavy atom. The van der Waals surface area contributed by atoms with Gasteiger partial charge in [0.1, 0.15) is 5.75 Å². The molecule has 0 amide bonds. The largest absolute Gasteiger partial charge is 0.436 e. The summed E-state index contributed by atoms with van der Waals surface area (Å²) < 4.78 is 5.72. The van der Waals surface area contributed by atoms with E-state index in [-0.39, 0.29) is 0 Å². The number of thioether (sulfide) groups is 1. The SMILES string of the molecule is CNCc1cnc(Oc2ccccc2SC)cn1. The number of aromatic nitrogens is 2. The Bertz CT molecular complexity index is 502. The predicted octanol–water partition coefficient (Wildman–Crippen LogP) is 2.71. The molecule has 0 saturated heterocycles. The summed E-state index contributed by atoms with van der Waals surface area (Å²) in [6.45, 7) is 0.703. The molecule has 0 unspecified atom stereocenters. The van der Waals surface area contributed by atoms with E-state index in [2.05, 4.69) is 15.3 Å². The van der Waals surface area contributed by atoms with Gasteiger partial charge in [-0.15, -0.1) is 11.8 Å². The van der Waals surface area contributed by atoms with E-state index in [4.69, 9.17) is 4.74 Å². The van der Waals surface area contributed by atoms with Crippen LogP contribution in [0.1, 0.15) is 5.69 Å². The first-order valence-corrected chi connectivity index (χ1v) is 6.82. The monoisotopic (exact) mass is 261 g/mol. The molecular formula is C13H15N3OS. The van der Waals surface area contributed by atoms with E-state index in [1.807, 2.05) is 37.6 Å². The molecule has 4 nitrogen and oxygen atoms in total. The van der Waals surface area contributed by atoms with Crippen molar-refractivity contribution in [1.29, 1.82) is 0 Å². The fourth-order valence-corrected chi connectivity index (χ4v) is 2.01. The van der Waals surface area contributed by atoms with Crippen molar-refractivity contribution in [2.45, 2.75) is 11.4 Å². The molecule has 0 radical (unpaired) electrons. The van der Waals surface area contributed by atoms with E-state index >= 15 is 0 Å². The maximum Gasteiger partial charge on any atom is 0.237 e. The first-order valence-electron chi connectivity index (χ1n) is 5.60. The molecule has 0 aliphatic heterocycles. The van der Waals surface area contributed by atoms with Crippen LogP contribution in [-0.2, 0) is 6.54 Å². The van der Waals surface area contributed by atoms with E-state index in [1.54, 1.807) is 24.2 Å². The maximum absolute atomic E-state index is 5.72. The highest BCUT2D eigenvalue weighted by molar-refractivity contribution is 7.98. The van der Waals surface area contributed by atoms with Gasteiger partial charge in [0.25, 0.3) is 0 Å². The van der Waals surface area contributed by atoms with Gasteiger partial charge in [-0.25, -0.2) is 4.98 Å². The fourth-order valence-electron chi connectivity index (χ4n) is 1.48. The molecule has 2 aromatic rings. The Morgan fingerprint density at radius 1 is 1.22 bits per heavy atom. The van der Waals surface area contributed by atoms with Crippen LogP contribution in [0.25, 0.3) is 0 Å². The summed E-state index contributed by atoms with van der Waals surface area (Å²) in [5.74, 6) is 1.32. The Balaban J connectivity index is 2.13. The van der Waals surface area contributed by atoms with Gasteiger partial charge >= 0.3 is 0 Å². The smallest absolute Gasteiger partial charge is 0.237 e. The lowest BCUT2D eigenvalue weighted by Crippen LogP contribution is -2.07. The van der Waals surface area contributed by atoms with Crippen LogP contribution in [0, 0.1) is 0 Å². The zero-order valence-electron chi connectivity index (χ0n) is 10.4. The molecular weight excluding hydrogens is 246 g/mol. The molecule has 5 heteroatoms. The first kappa shape index (κ1) is 12.9. The number of nitrogens with one attached hydrogen (secondary N) is 1. The second-order valence-electron chi connectivity index (χ2n) is 3.63. The lowest BCUT2D eigenvalue weighted by Gasteiger charge is -2.08. The number of benzene rings is 1. The molecule has 18 heavy (non-hydrogen) atoms. The Hall–Kier alpha value is -1.59. The van der Waals surface area contributed by atoms with Crippen LogP contribution in [0.3, 0.4) is 0 Å². The zero-order valence-corrected chi connectivity index (χ0v) is 11.2. The van der Waals surface area contributed by atoms with Crippen LogP contribution >= 0.6 is 11.8 Å². The standard InChI is InChI=1S/C13H15N3OS/c1-14-7-10-8-16-13(9-15-10)17-11-5-3-4-6-12(11)18-2/h3-6,8-9,14H,7H2,1-2H3. The fraction of sp³-hybridized carbons (Fsp3) is 0.231. The number of hydrogen-bond acceptors (Lipinski definition) is 5. The minimum atomic E-state index is 0.511. The van der Waals surface area contributed by atoms with Gasteiger partial charge in [-0.05, 0) is 25.4 Å². The average molecular weight is 261 g/mol. The molecule has 94 valence electrons. The Kier molecular flexibility index (Phi) is 4.55. The van der Waals surface area contributed by atoms with Crippen molar-refractivity contribution in [2.75, 3.05) is 13.3 Å². The van der Waals surface area contributed by atoms with Crippen LogP contribution in [-0.4, -0.2) is 23.3 Å². The summed E-state index contributed by atoms with van der Waals surface area (Å²) in [6.07, 6.45) is 5.38. The third-order valence-electron chi connectivity index (χ3n) is 2.32. The molecule has 0 atom stereocenters. The van der Waals surface area contributed by atoms with Crippen LogP contribution in [0.5, 0.6) is 11.6 Å². The van der Waals surface area contributed by atoms with Crippen LogP contribution in [0.2, 0.25) is 0 Å². The maximum atomic E-state index is 5.72. The molecule has 1 aromatic heterocycles. The summed E-state index contributed by atoms with van der Waals surface area (Å²) in [5, 5.41) is 3.02. The van der Waals surface area contributed by atoms with Crippen molar-refractivity contribution in [2.24, 2.45) is 0 Å². The molecule has 0 aliphatic carbocycles. The average Bonchev–Trinajstić information content (AvgIpc) is 2.42. The summed E-state index contributed by atoms with van der Waals surface area (Å²) in [5.41, 5.74) is 0.892. The van der Waals surface area contributed by atoms with Crippen molar-refractivity contribution in [3.63, 3.8) is 0 Å². The summed E-state index contributed by atoms with van der Waals surface area (Å²) in [6, 6.07) is 7.87. The van der Waals surface area contributed by atoms with E-state index in [0.717, 1.165) is 16.3 Å². The molecule has 0 aliphatic rings. The highest BCUT2D eigenvalue weighted by Gasteiger charge is 2.04. The van der Waals surface area contributed by atoms with Crippen molar-refractivity contribution >= 4 is 11.8 Å². The number of nitrogens with zero attached hydrogens (tertiary/aromatic N) is 2. The van der Waals surface area contributed by atoms with E-state index in [1.165, 1.54) is 0 Å². The molecule has 1 aromatic carbocycles. The third kappa shape index (κ3) is 3.21. The number of ether oxygens (including phenoxy) is 1. The van der Waals surface area contributed by atoms with Gasteiger partial charge in [-0.2, -0.15) is 0 Å². The molecule has 2 rings (SSSR count).